The molecule has 1 amide bonds. The van der Waals surface area contributed by atoms with Crippen LogP contribution in [-0.4, -0.2) is 44.5 Å². The van der Waals surface area contributed by atoms with Gasteiger partial charge in [0.05, 0.1) is 24.1 Å². The van der Waals surface area contributed by atoms with Crippen molar-refractivity contribution < 1.29 is 14.3 Å². The van der Waals surface area contributed by atoms with Gasteiger partial charge in [0.2, 0.25) is 5.91 Å². The van der Waals surface area contributed by atoms with Gasteiger partial charge in [-0.3, -0.25) is 14.3 Å². The minimum Gasteiger partial charge on any atom is -0.465 e. The molecule has 4 rings (SSSR count). The van der Waals surface area contributed by atoms with Gasteiger partial charge < -0.3 is 10.1 Å². The van der Waals surface area contributed by atoms with Crippen LogP contribution in [0, 0.1) is 0 Å². The van der Waals surface area contributed by atoms with E-state index < -0.39 is 5.97 Å². The molecular weight excluding hydrogens is 390 g/mol. The number of aromatic nitrogens is 4. The summed E-state index contributed by atoms with van der Waals surface area (Å²) < 4.78 is 6.85. The first-order valence-electron chi connectivity index (χ1n) is 9.12. The van der Waals surface area contributed by atoms with E-state index in [1.54, 1.807) is 36.7 Å². The number of nitrogens with one attached hydrogen (secondary N) is 1. The lowest BCUT2D eigenvalue weighted by Gasteiger charge is -2.10. The standard InChI is InChI=1S/C20H19N5O3S/c1-28-19(27)15-4-2-3-5-16(15)22-17(26)12-29-20-24-23-18(25(20)14-6-7-14)13-8-10-21-11-9-13/h2-5,8-11,14H,6-7,12H2,1H3,(H,22,26). The van der Waals surface area contributed by atoms with Crippen LogP contribution in [0.5, 0.6) is 0 Å². The molecule has 0 radical (unpaired) electrons. The van der Waals surface area contributed by atoms with Gasteiger partial charge >= 0.3 is 5.97 Å². The van der Waals surface area contributed by atoms with Crippen molar-refractivity contribution >= 4 is 29.3 Å². The molecule has 0 atom stereocenters. The second-order valence-corrected chi connectivity index (χ2v) is 7.46. The summed E-state index contributed by atoms with van der Waals surface area (Å²) in [7, 11) is 1.31. The van der Waals surface area contributed by atoms with Crippen LogP contribution in [0.1, 0.15) is 29.2 Å². The molecule has 1 aromatic carbocycles. The molecule has 2 aromatic heterocycles. The van der Waals surface area contributed by atoms with Crippen molar-refractivity contribution in [3.05, 3.63) is 54.4 Å². The average molecular weight is 409 g/mol. The molecule has 1 fully saturated rings. The van der Waals surface area contributed by atoms with Gasteiger partial charge in [0.1, 0.15) is 0 Å². The fraction of sp³-hybridized carbons (Fsp3) is 0.250. The van der Waals surface area contributed by atoms with E-state index in [-0.39, 0.29) is 11.7 Å². The van der Waals surface area contributed by atoms with Gasteiger partial charge in [0, 0.05) is 24.0 Å². The fourth-order valence-electron chi connectivity index (χ4n) is 2.93. The smallest absolute Gasteiger partial charge is 0.339 e. The highest BCUT2D eigenvalue weighted by Gasteiger charge is 2.30. The second-order valence-electron chi connectivity index (χ2n) is 6.52. The molecule has 9 heteroatoms. The third-order valence-corrected chi connectivity index (χ3v) is 5.40. The van der Waals surface area contributed by atoms with Crippen molar-refractivity contribution in [1.29, 1.82) is 0 Å². The molecule has 1 aliphatic carbocycles. The van der Waals surface area contributed by atoms with Crippen molar-refractivity contribution in [3.8, 4) is 11.4 Å². The lowest BCUT2D eigenvalue weighted by atomic mass is 10.2. The fourth-order valence-corrected chi connectivity index (χ4v) is 3.74. The summed E-state index contributed by atoms with van der Waals surface area (Å²) in [5.74, 6) is 0.205. The molecule has 0 spiro atoms. The first-order valence-corrected chi connectivity index (χ1v) is 10.1. The Kier molecular flexibility index (Phi) is 5.57. The van der Waals surface area contributed by atoms with Gasteiger partial charge in [-0.1, -0.05) is 23.9 Å². The Hall–Kier alpha value is -3.20. The maximum absolute atomic E-state index is 12.5. The monoisotopic (exact) mass is 409 g/mol. The van der Waals surface area contributed by atoms with Crippen LogP contribution in [0.25, 0.3) is 11.4 Å². The molecule has 2 heterocycles. The van der Waals surface area contributed by atoms with E-state index in [9.17, 15) is 9.59 Å². The molecule has 0 aliphatic heterocycles. The molecule has 3 aromatic rings. The van der Waals surface area contributed by atoms with Crippen LogP contribution >= 0.6 is 11.8 Å². The topological polar surface area (TPSA) is 99.0 Å². The van der Waals surface area contributed by atoms with E-state index in [1.807, 2.05) is 12.1 Å². The number of hydrogen-bond acceptors (Lipinski definition) is 7. The number of esters is 1. The number of carbonyl (C=O) groups excluding carboxylic acids is 2. The first-order chi connectivity index (χ1) is 14.2. The van der Waals surface area contributed by atoms with Gasteiger partial charge in [0.15, 0.2) is 11.0 Å². The van der Waals surface area contributed by atoms with Crippen LogP contribution in [-0.2, 0) is 9.53 Å². The zero-order valence-corrected chi connectivity index (χ0v) is 16.6. The Balaban J connectivity index is 1.47. The number of carbonyl (C=O) groups is 2. The largest absolute Gasteiger partial charge is 0.465 e. The van der Waals surface area contributed by atoms with E-state index in [4.69, 9.17) is 4.74 Å². The summed E-state index contributed by atoms with van der Waals surface area (Å²) in [6.07, 6.45) is 5.59. The number of methoxy groups -OCH3 is 1. The first kappa shape index (κ1) is 19.1. The summed E-state index contributed by atoms with van der Waals surface area (Å²) >= 11 is 1.32. The Bertz CT molecular complexity index is 1030. The molecule has 1 N–H and O–H groups in total. The van der Waals surface area contributed by atoms with Gasteiger partial charge in [-0.05, 0) is 37.1 Å². The van der Waals surface area contributed by atoms with E-state index in [1.165, 1.54) is 18.9 Å². The number of rotatable bonds is 7. The summed E-state index contributed by atoms with van der Waals surface area (Å²) in [6.45, 7) is 0. The molecule has 8 nitrogen and oxygen atoms in total. The quantitative estimate of drug-likeness (QED) is 0.472. The Morgan fingerprint density at radius 1 is 1.17 bits per heavy atom. The summed E-state index contributed by atoms with van der Waals surface area (Å²) in [5, 5.41) is 12.1. The van der Waals surface area contributed by atoms with E-state index >= 15 is 0 Å². The van der Waals surface area contributed by atoms with E-state index in [2.05, 4.69) is 25.1 Å². The summed E-state index contributed by atoms with van der Waals surface area (Å²) in [5.41, 5.74) is 1.68. The Morgan fingerprint density at radius 3 is 2.66 bits per heavy atom. The number of hydrogen-bond donors (Lipinski definition) is 1. The molecule has 1 aliphatic rings. The lowest BCUT2D eigenvalue weighted by molar-refractivity contribution is -0.113. The Labute approximate surface area is 171 Å². The number of thioether (sulfide) groups is 1. The third-order valence-electron chi connectivity index (χ3n) is 4.45. The van der Waals surface area contributed by atoms with Crippen molar-refractivity contribution in [1.82, 2.24) is 19.7 Å². The number of benzene rings is 1. The minimum atomic E-state index is -0.496. The Morgan fingerprint density at radius 2 is 1.93 bits per heavy atom. The zero-order valence-electron chi connectivity index (χ0n) is 15.7. The van der Waals surface area contributed by atoms with Crippen molar-refractivity contribution in [2.24, 2.45) is 0 Å². The van der Waals surface area contributed by atoms with Gasteiger partial charge in [0.25, 0.3) is 0 Å². The predicted octanol–water partition coefficient (Wildman–Crippen LogP) is 3.19. The van der Waals surface area contributed by atoms with E-state index in [0.29, 0.717) is 22.4 Å². The van der Waals surface area contributed by atoms with Gasteiger partial charge in [-0.2, -0.15) is 0 Å². The van der Waals surface area contributed by atoms with Crippen LogP contribution in [0.4, 0.5) is 5.69 Å². The van der Waals surface area contributed by atoms with Crippen LogP contribution in [0.3, 0.4) is 0 Å². The van der Waals surface area contributed by atoms with Crippen molar-refractivity contribution in [2.45, 2.75) is 24.0 Å². The summed E-state index contributed by atoms with van der Waals surface area (Å²) in [4.78, 5) is 28.4. The highest BCUT2D eigenvalue weighted by atomic mass is 32.2. The number of pyridine rings is 1. The number of anilines is 1. The zero-order chi connectivity index (χ0) is 20.2. The van der Waals surface area contributed by atoms with Crippen molar-refractivity contribution in [3.63, 3.8) is 0 Å². The molecule has 29 heavy (non-hydrogen) atoms. The highest BCUT2D eigenvalue weighted by Crippen LogP contribution is 2.40. The molecule has 0 bridgehead atoms. The second kappa shape index (κ2) is 8.44. The number of amides is 1. The predicted molar refractivity (Wildman–Crippen MR) is 109 cm³/mol. The lowest BCUT2D eigenvalue weighted by Crippen LogP contribution is -2.17. The number of para-hydroxylation sites is 1. The molecule has 148 valence electrons. The molecular formula is C20H19N5O3S. The van der Waals surface area contributed by atoms with Gasteiger partial charge in [-0.25, -0.2) is 4.79 Å². The van der Waals surface area contributed by atoms with Crippen LogP contribution in [0.15, 0.2) is 53.9 Å². The highest BCUT2D eigenvalue weighted by molar-refractivity contribution is 7.99. The minimum absolute atomic E-state index is 0.150. The van der Waals surface area contributed by atoms with Crippen LogP contribution < -0.4 is 5.32 Å². The molecule has 1 saturated carbocycles. The SMILES string of the molecule is COC(=O)c1ccccc1NC(=O)CSc1nnc(-c2ccncc2)n1C1CC1. The molecule has 0 unspecified atom stereocenters. The van der Waals surface area contributed by atoms with E-state index in [0.717, 1.165) is 24.2 Å². The normalized spacial score (nSPS) is 13.1. The maximum Gasteiger partial charge on any atom is 0.339 e. The molecule has 0 saturated heterocycles. The van der Waals surface area contributed by atoms with Gasteiger partial charge in [-0.15, -0.1) is 10.2 Å². The van der Waals surface area contributed by atoms with Crippen molar-refractivity contribution in [2.75, 3.05) is 18.2 Å². The number of nitrogens with zero attached hydrogens (tertiary/aromatic N) is 4. The van der Waals surface area contributed by atoms with Crippen LogP contribution in [0.2, 0.25) is 0 Å². The average Bonchev–Trinajstić information content (AvgIpc) is 3.51. The third kappa shape index (κ3) is 4.29. The number of ether oxygens (including phenoxy) is 1. The summed E-state index contributed by atoms with van der Waals surface area (Å²) in [6, 6.07) is 10.9. The maximum atomic E-state index is 12.5.